The molecule has 0 aliphatic carbocycles. The van der Waals surface area contributed by atoms with Crippen molar-refractivity contribution >= 4 is 34.4 Å². The topological polar surface area (TPSA) is 65.3 Å². The summed E-state index contributed by atoms with van der Waals surface area (Å²) in [5.41, 5.74) is 3.49. The Balaban J connectivity index is 0.00000289. The first-order valence-electron chi connectivity index (χ1n) is 10.2. The van der Waals surface area contributed by atoms with Gasteiger partial charge in [-0.1, -0.05) is 62.4 Å². The summed E-state index contributed by atoms with van der Waals surface area (Å²) < 4.78 is 0. The number of fused-ring (bicyclic) bond motifs is 2. The molecule has 0 unspecified atom stereocenters. The molecule has 1 N–H and O–H groups in total. The van der Waals surface area contributed by atoms with Gasteiger partial charge < -0.3 is 10.0 Å². The molecule has 0 bridgehead atoms. The van der Waals surface area contributed by atoms with Gasteiger partial charge in [0.25, 0.3) is 0 Å². The van der Waals surface area contributed by atoms with Gasteiger partial charge in [0.05, 0.1) is 12.8 Å². The van der Waals surface area contributed by atoms with E-state index in [4.69, 9.17) is 0 Å². The van der Waals surface area contributed by atoms with Gasteiger partial charge in [0.15, 0.2) is 0 Å². The fourth-order valence-electron chi connectivity index (χ4n) is 4.11. The molecule has 0 aromatic heterocycles. The van der Waals surface area contributed by atoms with Gasteiger partial charge in [-0.05, 0) is 47.5 Å². The van der Waals surface area contributed by atoms with Gasteiger partial charge in [-0.3, -0.25) is 4.79 Å². The van der Waals surface area contributed by atoms with E-state index in [1.807, 2.05) is 71.6 Å². The van der Waals surface area contributed by atoms with E-state index in [1.165, 1.54) is 5.56 Å². The Bertz CT molecular complexity index is 1240. The van der Waals surface area contributed by atoms with E-state index >= 15 is 0 Å². The molecule has 0 atom stereocenters. The van der Waals surface area contributed by atoms with Crippen LogP contribution in [0.25, 0.3) is 10.8 Å². The Morgan fingerprint density at radius 3 is 2.47 bits per heavy atom. The summed E-state index contributed by atoms with van der Waals surface area (Å²) in [5.74, 6) is -0.0581. The number of aliphatic hydroxyl groups excluding tert-OH is 1. The standard InChI is InChI=1S/C26H25N3O2.Co/c1-18(30)17-29-23-11-7-6-10-22(23)26(2,3)24(29)14-15-27-28-25(31)21-13-12-19-8-4-5-9-20(19)16-21;/h4-16H,17H2,1-3H3,(H,28,31);/b24-14-,27-15+;. The van der Waals surface area contributed by atoms with Crippen molar-refractivity contribution in [3.05, 3.63) is 89.6 Å². The maximum absolute atomic E-state index is 11.9. The van der Waals surface area contributed by atoms with Gasteiger partial charge in [-0.15, -0.1) is 5.10 Å². The number of aliphatic hydroxyl groups is 1. The fraction of sp³-hybridized carbons (Fsp3) is 0.192. The Hall–Kier alpha value is -3.22. The number of benzene rings is 3. The van der Waals surface area contributed by atoms with Crippen LogP contribution in [0.1, 0.15) is 31.9 Å². The van der Waals surface area contributed by atoms with Gasteiger partial charge >= 0.3 is 0 Å². The number of hydrogen-bond donors (Lipinski definition) is 1. The third-order valence-corrected chi connectivity index (χ3v) is 5.64. The average molecular weight is 470 g/mol. The molecule has 165 valence electrons. The molecule has 0 saturated heterocycles. The van der Waals surface area contributed by atoms with Crippen LogP contribution in [0.5, 0.6) is 0 Å². The van der Waals surface area contributed by atoms with Crippen LogP contribution < -0.4 is 4.90 Å². The van der Waals surface area contributed by atoms with Gasteiger partial charge in [-0.2, -0.15) is 5.10 Å². The molecule has 5 nitrogen and oxygen atoms in total. The maximum atomic E-state index is 11.9. The maximum Gasteiger partial charge on any atom is 0.238 e. The van der Waals surface area contributed by atoms with E-state index in [1.54, 1.807) is 13.1 Å². The number of rotatable bonds is 5. The van der Waals surface area contributed by atoms with Crippen molar-refractivity contribution in [2.75, 3.05) is 11.4 Å². The molecule has 3 aromatic carbocycles. The zero-order valence-corrected chi connectivity index (χ0v) is 19.3. The second kappa shape index (κ2) is 9.50. The molecule has 1 heterocycles. The number of carbonyl (C=O) groups excluding carboxylic acids is 1. The minimum absolute atomic E-state index is 0. The van der Waals surface area contributed by atoms with Gasteiger partial charge in [0, 0.05) is 39.1 Å². The second-order valence-electron chi connectivity index (χ2n) is 8.23. The Morgan fingerprint density at radius 1 is 1.03 bits per heavy atom. The number of para-hydroxylation sites is 1. The van der Waals surface area contributed by atoms with Crippen molar-refractivity contribution in [3.8, 4) is 0 Å². The largest absolute Gasteiger partial charge is 0.492 e. The van der Waals surface area contributed by atoms with Crippen LogP contribution in [0.3, 0.4) is 0 Å². The average Bonchev–Trinajstić information content (AvgIpc) is 2.97. The Morgan fingerprint density at radius 2 is 1.72 bits per heavy atom. The third kappa shape index (κ3) is 4.51. The molecule has 1 aliphatic heterocycles. The zero-order chi connectivity index (χ0) is 22.0. The number of anilines is 1. The number of nitrogens with zero attached hydrogens (tertiary/aromatic N) is 3. The van der Waals surface area contributed by atoms with Crippen molar-refractivity contribution in [1.82, 2.24) is 0 Å². The van der Waals surface area contributed by atoms with E-state index < -0.39 is 0 Å². The molecule has 0 fully saturated rings. The summed E-state index contributed by atoms with van der Waals surface area (Å²) in [6.07, 6.45) is 3.42. The third-order valence-electron chi connectivity index (χ3n) is 5.64. The van der Waals surface area contributed by atoms with Crippen molar-refractivity contribution in [2.45, 2.75) is 26.2 Å². The molecular weight excluding hydrogens is 445 g/mol. The summed E-state index contributed by atoms with van der Waals surface area (Å²) in [4.78, 5) is 13.9. The van der Waals surface area contributed by atoms with E-state index in [9.17, 15) is 9.90 Å². The summed E-state index contributed by atoms with van der Waals surface area (Å²) >= 11 is 0. The number of hydrogen-bond acceptors (Lipinski definition) is 4. The van der Waals surface area contributed by atoms with Crippen LogP contribution in [-0.4, -0.2) is 29.5 Å². The van der Waals surface area contributed by atoms with E-state index in [-0.39, 0.29) is 33.9 Å². The minimum atomic E-state index is -0.276. The van der Waals surface area contributed by atoms with Crippen LogP contribution in [0, 0.1) is 0 Å². The van der Waals surface area contributed by atoms with E-state index in [0.717, 1.165) is 22.2 Å². The molecule has 0 saturated carbocycles. The SMILES string of the molecule is CC(=O)CN1\C(=C/C=N/N=C(\O)c2ccc3ccccc3c2)C(C)(C)c2ccccc21.[Co]. The molecule has 6 heteroatoms. The van der Waals surface area contributed by atoms with Crippen molar-refractivity contribution in [2.24, 2.45) is 10.2 Å². The van der Waals surface area contributed by atoms with Crippen LogP contribution in [0.15, 0.2) is 88.7 Å². The van der Waals surface area contributed by atoms with Gasteiger partial charge in [0.1, 0.15) is 5.78 Å². The normalized spacial score (nSPS) is 16.4. The summed E-state index contributed by atoms with van der Waals surface area (Å²) in [7, 11) is 0. The molecule has 4 rings (SSSR count). The fourth-order valence-corrected chi connectivity index (χ4v) is 4.11. The zero-order valence-electron chi connectivity index (χ0n) is 18.2. The minimum Gasteiger partial charge on any atom is -0.492 e. The van der Waals surface area contributed by atoms with E-state index in [2.05, 4.69) is 30.1 Å². The monoisotopic (exact) mass is 470 g/mol. The number of Topliss-reactive ketones (excluding diaryl/α,β-unsaturated/α-hetero) is 1. The smallest absolute Gasteiger partial charge is 0.238 e. The van der Waals surface area contributed by atoms with Gasteiger partial charge in [0.2, 0.25) is 5.90 Å². The van der Waals surface area contributed by atoms with Crippen LogP contribution in [-0.2, 0) is 27.0 Å². The molecule has 32 heavy (non-hydrogen) atoms. The number of carbonyl (C=O) groups is 1. The number of ketones is 1. The molecule has 1 radical (unpaired) electrons. The Labute approximate surface area is 198 Å². The number of allylic oxidation sites excluding steroid dienone is 2. The van der Waals surface area contributed by atoms with Crippen LogP contribution >= 0.6 is 0 Å². The predicted octanol–water partition coefficient (Wildman–Crippen LogP) is 5.40. The molecule has 0 amide bonds. The summed E-state index contributed by atoms with van der Waals surface area (Å²) in [6.45, 7) is 6.14. The van der Waals surface area contributed by atoms with E-state index in [0.29, 0.717) is 12.1 Å². The second-order valence-corrected chi connectivity index (χ2v) is 8.23. The molecule has 1 aliphatic rings. The summed E-state index contributed by atoms with van der Waals surface area (Å²) in [5, 5.41) is 20.5. The summed E-state index contributed by atoms with van der Waals surface area (Å²) in [6, 6.07) is 21.7. The Kier molecular flexibility index (Phi) is 6.96. The van der Waals surface area contributed by atoms with Crippen molar-refractivity contribution in [3.63, 3.8) is 0 Å². The predicted molar refractivity (Wildman–Crippen MR) is 127 cm³/mol. The van der Waals surface area contributed by atoms with Crippen molar-refractivity contribution < 1.29 is 26.7 Å². The van der Waals surface area contributed by atoms with Crippen LogP contribution in [0.2, 0.25) is 0 Å². The first-order chi connectivity index (χ1) is 14.9. The molecular formula is C26H25CoN3O2. The first-order valence-corrected chi connectivity index (χ1v) is 10.2. The first kappa shape index (κ1) is 23.4. The quantitative estimate of drug-likeness (QED) is 0.309. The van der Waals surface area contributed by atoms with Crippen molar-refractivity contribution in [1.29, 1.82) is 0 Å². The van der Waals surface area contributed by atoms with Crippen LogP contribution in [0.4, 0.5) is 5.69 Å². The molecule has 0 spiro atoms. The molecule has 3 aromatic rings. The van der Waals surface area contributed by atoms with Gasteiger partial charge in [-0.25, -0.2) is 0 Å².